The molecule has 4 aromatic rings. The molecular weight excluding hydrogens is 376 g/mol. The molecule has 0 fully saturated rings. The molecule has 2 heterocycles. The van der Waals surface area contributed by atoms with E-state index in [2.05, 4.69) is 15.4 Å². The van der Waals surface area contributed by atoms with Crippen LogP contribution in [-0.2, 0) is 4.79 Å². The van der Waals surface area contributed by atoms with Gasteiger partial charge < -0.3 is 10.4 Å². The summed E-state index contributed by atoms with van der Waals surface area (Å²) >= 11 is 0. The predicted molar refractivity (Wildman–Crippen MR) is 118 cm³/mol. The first-order chi connectivity index (χ1) is 14.2. The number of aryl methyl sites for hydroxylation is 1. The number of carbonyl (C=O) groups excluding carboxylic acids is 1. The maximum absolute atomic E-state index is 12.4. The molecule has 6 nitrogen and oxygen atoms in total. The molecular formula is C24H24N4O2. The number of phenols is 1. The van der Waals surface area contributed by atoms with Gasteiger partial charge in [0.1, 0.15) is 5.75 Å². The third-order valence-electron chi connectivity index (χ3n) is 4.96. The predicted octanol–water partition coefficient (Wildman–Crippen LogP) is 5.06. The second-order valence-electron chi connectivity index (χ2n) is 8.40. The molecule has 0 radical (unpaired) electrons. The van der Waals surface area contributed by atoms with Gasteiger partial charge in [0.15, 0.2) is 5.65 Å². The van der Waals surface area contributed by atoms with E-state index in [9.17, 15) is 9.90 Å². The summed E-state index contributed by atoms with van der Waals surface area (Å²) in [6.45, 7) is 7.62. The van der Waals surface area contributed by atoms with Crippen molar-refractivity contribution in [3.8, 4) is 28.3 Å². The second kappa shape index (κ2) is 7.30. The number of carbonyl (C=O) groups is 1. The Bertz CT molecular complexity index is 1250. The Labute approximate surface area is 175 Å². The van der Waals surface area contributed by atoms with Crippen LogP contribution >= 0.6 is 0 Å². The zero-order valence-electron chi connectivity index (χ0n) is 17.5. The molecule has 0 aliphatic heterocycles. The van der Waals surface area contributed by atoms with E-state index >= 15 is 0 Å². The van der Waals surface area contributed by atoms with Crippen LogP contribution < -0.4 is 5.32 Å². The molecule has 6 heteroatoms. The first kappa shape index (κ1) is 19.6. The van der Waals surface area contributed by atoms with Crippen molar-refractivity contribution in [3.05, 3.63) is 66.4 Å². The van der Waals surface area contributed by atoms with Crippen molar-refractivity contribution in [1.29, 1.82) is 0 Å². The number of para-hydroxylation sites is 1. The molecule has 0 bridgehead atoms. The van der Waals surface area contributed by atoms with Gasteiger partial charge in [0.25, 0.3) is 0 Å². The van der Waals surface area contributed by atoms with E-state index in [0.29, 0.717) is 16.9 Å². The summed E-state index contributed by atoms with van der Waals surface area (Å²) in [5, 5.41) is 17.7. The molecule has 2 N–H and O–H groups in total. The quantitative estimate of drug-likeness (QED) is 0.504. The zero-order chi connectivity index (χ0) is 21.5. The van der Waals surface area contributed by atoms with Gasteiger partial charge in [-0.05, 0) is 42.8 Å². The zero-order valence-corrected chi connectivity index (χ0v) is 17.5. The molecule has 0 atom stereocenters. The molecule has 0 unspecified atom stereocenters. The number of aromatic hydroxyl groups is 1. The van der Waals surface area contributed by atoms with Crippen LogP contribution in [0.25, 0.3) is 28.2 Å². The highest BCUT2D eigenvalue weighted by Crippen LogP contribution is 2.29. The Balaban J connectivity index is 1.71. The smallest absolute Gasteiger partial charge is 0.229 e. The van der Waals surface area contributed by atoms with Crippen molar-refractivity contribution in [2.24, 2.45) is 5.41 Å². The Hall–Kier alpha value is -3.67. The monoisotopic (exact) mass is 400 g/mol. The van der Waals surface area contributed by atoms with Gasteiger partial charge in [-0.3, -0.25) is 4.79 Å². The van der Waals surface area contributed by atoms with Gasteiger partial charge in [0.05, 0.1) is 17.6 Å². The van der Waals surface area contributed by atoms with Gasteiger partial charge >= 0.3 is 0 Å². The van der Waals surface area contributed by atoms with Crippen LogP contribution in [-0.4, -0.2) is 25.6 Å². The number of fused-ring (bicyclic) bond motifs is 1. The van der Waals surface area contributed by atoms with Crippen molar-refractivity contribution in [3.63, 3.8) is 0 Å². The molecule has 2 aromatic carbocycles. The lowest BCUT2D eigenvalue weighted by molar-refractivity contribution is -0.123. The maximum atomic E-state index is 12.4. The minimum Gasteiger partial charge on any atom is -0.507 e. The fraction of sp³-hybridized carbons (Fsp3) is 0.208. The lowest BCUT2D eigenvalue weighted by atomic mass is 9.95. The van der Waals surface area contributed by atoms with Crippen LogP contribution in [0.3, 0.4) is 0 Å². The normalized spacial score (nSPS) is 11.6. The Kier molecular flexibility index (Phi) is 4.78. The van der Waals surface area contributed by atoms with Crippen molar-refractivity contribution in [1.82, 2.24) is 14.6 Å². The number of nitrogens with zero attached hydrogens (tertiary/aromatic N) is 3. The number of aromatic nitrogens is 3. The molecule has 0 spiro atoms. The Morgan fingerprint density at radius 1 is 1.03 bits per heavy atom. The first-order valence-corrected chi connectivity index (χ1v) is 9.80. The average Bonchev–Trinajstić information content (AvgIpc) is 3.12. The SMILES string of the molecule is Cc1ccc(-c2cn3nc(-c4ccccc4O)ccc3n2)cc1NC(=O)C(C)(C)C. The van der Waals surface area contributed by atoms with E-state index in [1.807, 2.05) is 76.4 Å². The Morgan fingerprint density at radius 2 is 1.80 bits per heavy atom. The highest BCUT2D eigenvalue weighted by molar-refractivity contribution is 5.95. The molecule has 0 saturated carbocycles. The number of hydrogen-bond donors (Lipinski definition) is 2. The third kappa shape index (κ3) is 3.76. The van der Waals surface area contributed by atoms with Crippen LogP contribution in [0, 0.1) is 12.3 Å². The lowest BCUT2D eigenvalue weighted by Gasteiger charge is -2.19. The maximum Gasteiger partial charge on any atom is 0.229 e. The molecule has 152 valence electrons. The van der Waals surface area contributed by atoms with E-state index in [1.54, 1.807) is 16.6 Å². The van der Waals surface area contributed by atoms with Crippen molar-refractivity contribution < 1.29 is 9.90 Å². The van der Waals surface area contributed by atoms with Crippen LogP contribution in [0.2, 0.25) is 0 Å². The van der Waals surface area contributed by atoms with Gasteiger partial charge in [0.2, 0.25) is 5.91 Å². The highest BCUT2D eigenvalue weighted by atomic mass is 16.3. The van der Waals surface area contributed by atoms with Gasteiger partial charge in [-0.2, -0.15) is 5.10 Å². The van der Waals surface area contributed by atoms with E-state index in [-0.39, 0.29) is 11.7 Å². The number of phenolic OH excluding ortho intramolecular Hbond substituents is 1. The van der Waals surface area contributed by atoms with Crippen LogP contribution in [0.1, 0.15) is 26.3 Å². The number of rotatable bonds is 3. The van der Waals surface area contributed by atoms with Gasteiger partial charge in [-0.25, -0.2) is 9.50 Å². The number of amides is 1. The molecule has 30 heavy (non-hydrogen) atoms. The van der Waals surface area contributed by atoms with Crippen LogP contribution in [0.4, 0.5) is 5.69 Å². The number of imidazole rings is 1. The number of hydrogen-bond acceptors (Lipinski definition) is 4. The lowest BCUT2D eigenvalue weighted by Crippen LogP contribution is -2.27. The summed E-state index contributed by atoms with van der Waals surface area (Å²) in [7, 11) is 0. The molecule has 0 aliphatic carbocycles. The number of anilines is 1. The van der Waals surface area contributed by atoms with Gasteiger partial charge in [-0.1, -0.05) is 45.0 Å². The van der Waals surface area contributed by atoms with E-state index in [0.717, 1.165) is 22.5 Å². The van der Waals surface area contributed by atoms with E-state index < -0.39 is 5.41 Å². The van der Waals surface area contributed by atoms with Crippen molar-refractivity contribution in [2.75, 3.05) is 5.32 Å². The standard InChI is InChI=1S/C24H24N4O2/c1-15-9-10-16(13-19(15)26-23(30)24(2,3)4)20-14-28-22(25-20)12-11-18(27-28)17-7-5-6-8-21(17)29/h5-14,29H,1-4H3,(H,26,30). The van der Waals surface area contributed by atoms with Crippen LogP contribution in [0.15, 0.2) is 60.8 Å². The fourth-order valence-electron chi connectivity index (χ4n) is 3.08. The topological polar surface area (TPSA) is 79.5 Å². The van der Waals surface area contributed by atoms with Crippen molar-refractivity contribution >= 4 is 17.2 Å². The fourth-order valence-corrected chi connectivity index (χ4v) is 3.08. The third-order valence-corrected chi connectivity index (χ3v) is 4.96. The molecule has 4 rings (SSSR count). The summed E-state index contributed by atoms with van der Waals surface area (Å²) in [6, 6.07) is 16.7. The number of nitrogens with one attached hydrogen (secondary N) is 1. The second-order valence-corrected chi connectivity index (χ2v) is 8.40. The molecule has 0 saturated heterocycles. The summed E-state index contributed by atoms with van der Waals surface area (Å²) < 4.78 is 1.70. The average molecular weight is 400 g/mol. The summed E-state index contributed by atoms with van der Waals surface area (Å²) in [5.74, 6) is 0.147. The molecule has 1 amide bonds. The minimum absolute atomic E-state index is 0.0354. The number of benzene rings is 2. The van der Waals surface area contributed by atoms with Gasteiger partial charge in [-0.15, -0.1) is 0 Å². The van der Waals surface area contributed by atoms with E-state index in [4.69, 9.17) is 0 Å². The molecule has 2 aromatic heterocycles. The first-order valence-electron chi connectivity index (χ1n) is 9.80. The van der Waals surface area contributed by atoms with Crippen LogP contribution in [0.5, 0.6) is 5.75 Å². The summed E-state index contributed by atoms with van der Waals surface area (Å²) in [6.07, 6.45) is 1.85. The highest BCUT2D eigenvalue weighted by Gasteiger charge is 2.22. The van der Waals surface area contributed by atoms with Crippen molar-refractivity contribution in [2.45, 2.75) is 27.7 Å². The summed E-state index contributed by atoms with van der Waals surface area (Å²) in [5.41, 5.74) is 4.94. The summed E-state index contributed by atoms with van der Waals surface area (Å²) in [4.78, 5) is 17.1. The minimum atomic E-state index is -0.477. The largest absolute Gasteiger partial charge is 0.507 e. The van der Waals surface area contributed by atoms with Gasteiger partial charge in [0, 0.05) is 22.2 Å². The molecule has 0 aliphatic rings. The van der Waals surface area contributed by atoms with E-state index in [1.165, 1.54) is 0 Å². The Morgan fingerprint density at radius 3 is 2.53 bits per heavy atom.